The van der Waals surface area contributed by atoms with E-state index in [1.165, 1.54) is 0 Å². The average Bonchev–Trinajstić information content (AvgIpc) is 2.30. The quantitative estimate of drug-likeness (QED) is 0.733. The molecule has 2 atom stereocenters. The van der Waals surface area contributed by atoms with Crippen LogP contribution in [0.15, 0.2) is 0 Å². The zero-order valence-corrected chi connectivity index (χ0v) is 10.00. The largest absolute Gasteiger partial charge is 0.379 e. The number of hydrogen-bond donors (Lipinski definition) is 0. The third-order valence-electron chi connectivity index (χ3n) is 2.92. The number of ether oxygens (including phenoxy) is 1. The van der Waals surface area contributed by atoms with Gasteiger partial charge in [0.25, 0.3) is 0 Å². The van der Waals surface area contributed by atoms with E-state index in [0.29, 0.717) is 6.10 Å². The molecule has 12 heavy (non-hydrogen) atoms. The van der Waals surface area contributed by atoms with Crippen LogP contribution in [-0.4, -0.2) is 43.9 Å². The van der Waals surface area contributed by atoms with Crippen molar-refractivity contribution >= 4 is 23.0 Å². The summed E-state index contributed by atoms with van der Waals surface area (Å²) in [5, 5.41) is 0. The lowest BCUT2D eigenvalue weighted by Crippen LogP contribution is -2.49. The van der Waals surface area contributed by atoms with Crippen LogP contribution in [0.2, 0.25) is 0 Å². The summed E-state index contributed by atoms with van der Waals surface area (Å²) < 4.78 is 10.6. The van der Waals surface area contributed by atoms with E-state index in [9.17, 15) is 0 Å². The van der Waals surface area contributed by atoms with E-state index < -0.39 is 0 Å². The highest BCUT2D eigenvalue weighted by Gasteiger charge is 2.43. The lowest BCUT2D eigenvalue weighted by molar-refractivity contribution is -0.00117. The molecule has 1 heterocycles. The number of nitrogens with zero attached hydrogens (tertiary/aromatic N) is 1. The van der Waals surface area contributed by atoms with Gasteiger partial charge in [0.05, 0.1) is 18.2 Å². The Bertz CT molecular complexity index is 156. The molecule has 1 aliphatic heterocycles. The van der Waals surface area contributed by atoms with Gasteiger partial charge in [-0.15, -0.1) is 0 Å². The molecule has 1 rings (SSSR count). The molecule has 0 saturated carbocycles. The molecule has 0 aliphatic carbocycles. The van der Waals surface area contributed by atoms with Crippen LogP contribution in [0, 0.1) is 0 Å². The lowest BCUT2D eigenvalue weighted by Gasteiger charge is -2.35. The second kappa shape index (κ2) is 4.21. The fourth-order valence-electron chi connectivity index (χ4n) is 1.81. The Kier molecular flexibility index (Phi) is 3.75. The summed E-state index contributed by atoms with van der Waals surface area (Å²) in [6, 6.07) is 0. The van der Waals surface area contributed by atoms with Crippen LogP contribution in [0.5, 0.6) is 0 Å². The van der Waals surface area contributed by atoms with Gasteiger partial charge in [-0.3, -0.25) is 4.90 Å². The van der Waals surface area contributed by atoms with E-state index in [1.54, 1.807) is 7.11 Å². The molecule has 0 aromatic rings. The predicted octanol–water partition coefficient (Wildman–Crippen LogP) is 1.46. The molecule has 1 fully saturated rings. The highest BCUT2D eigenvalue weighted by Crippen LogP contribution is 2.30. The monoisotopic (exact) mass is 285 g/mol. The van der Waals surface area contributed by atoms with Gasteiger partial charge in [-0.25, -0.2) is 0 Å². The summed E-state index contributed by atoms with van der Waals surface area (Å²) in [6.07, 6.45) is 1.40. The zero-order valence-electron chi connectivity index (χ0n) is 7.84. The number of methoxy groups -OCH3 is 1. The minimum Gasteiger partial charge on any atom is -0.379 e. The number of halogens is 1. The fraction of sp³-hybridized carbons (Fsp3) is 1.00. The molecule has 4 heteroatoms. The third-order valence-corrected chi connectivity index (χ3v) is 3.24. The number of hydrogen-bond acceptors (Lipinski definition) is 3. The molecule has 2 unspecified atom stereocenters. The smallest absolute Gasteiger partial charge is 0.109 e. The van der Waals surface area contributed by atoms with E-state index in [0.717, 1.165) is 19.6 Å². The molecule has 0 N–H and O–H groups in total. The number of likely N-dealkylation sites (tertiary alicyclic amines) is 1. The van der Waals surface area contributed by atoms with Crippen LogP contribution < -0.4 is 0 Å². The first-order valence-electron chi connectivity index (χ1n) is 4.12. The van der Waals surface area contributed by atoms with Crippen molar-refractivity contribution in [1.29, 1.82) is 0 Å². The molecule has 1 aliphatic rings. The van der Waals surface area contributed by atoms with Gasteiger partial charge in [0.1, 0.15) is 23.0 Å². The molecular formula is C8H16INO2. The lowest BCUT2D eigenvalue weighted by atomic mass is 9.97. The Balaban J connectivity index is 2.66. The van der Waals surface area contributed by atoms with Gasteiger partial charge in [0.2, 0.25) is 0 Å². The first-order chi connectivity index (χ1) is 5.65. The summed E-state index contributed by atoms with van der Waals surface area (Å²) >= 11 is 1.94. The number of rotatable bonds is 3. The van der Waals surface area contributed by atoms with Crippen molar-refractivity contribution in [3.63, 3.8) is 0 Å². The second-order valence-corrected chi connectivity index (χ2v) is 4.17. The topological polar surface area (TPSA) is 21.7 Å². The Morgan fingerprint density at radius 1 is 1.67 bits per heavy atom. The molecule has 1 saturated heterocycles. The van der Waals surface area contributed by atoms with Gasteiger partial charge in [0, 0.05) is 13.7 Å². The minimum atomic E-state index is 0.0515. The predicted molar refractivity (Wildman–Crippen MR) is 56.4 cm³/mol. The Hall–Kier alpha value is 0.610. The summed E-state index contributed by atoms with van der Waals surface area (Å²) in [7, 11) is 3.89. The first kappa shape index (κ1) is 10.7. The van der Waals surface area contributed by atoms with Crippen LogP contribution in [0.3, 0.4) is 0 Å². The molecule has 0 amide bonds. The average molecular weight is 285 g/mol. The molecule has 3 nitrogen and oxygen atoms in total. The van der Waals surface area contributed by atoms with Crippen molar-refractivity contribution in [2.45, 2.75) is 25.0 Å². The van der Waals surface area contributed by atoms with E-state index >= 15 is 0 Å². The van der Waals surface area contributed by atoms with Crippen LogP contribution in [0.4, 0.5) is 0 Å². The Morgan fingerprint density at radius 3 is 2.83 bits per heavy atom. The van der Waals surface area contributed by atoms with Crippen molar-refractivity contribution in [1.82, 2.24) is 4.90 Å². The second-order valence-electron chi connectivity index (χ2n) is 3.55. The van der Waals surface area contributed by atoms with Crippen LogP contribution in [0.25, 0.3) is 0 Å². The van der Waals surface area contributed by atoms with Crippen LogP contribution in [-0.2, 0) is 7.80 Å². The van der Waals surface area contributed by atoms with Gasteiger partial charge >= 0.3 is 0 Å². The minimum absolute atomic E-state index is 0.0515. The number of likely N-dealkylation sites (N-methyl/N-ethyl adjacent to an activating group) is 1. The van der Waals surface area contributed by atoms with Crippen molar-refractivity contribution in [2.75, 3.05) is 27.3 Å². The standard InChI is InChI=1S/C8H16INO2/c1-8(6-12-9)7(11-3)4-5-10(8)2/h7H,4-6H2,1-3H3. The molecule has 0 aromatic carbocycles. The highest BCUT2D eigenvalue weighted by atomic mass is 127. The molecular weight excluding hydrogens is 269 g/mol. The normalized spacial score (nSPS) is 37.5. The van der Waals surface area contributed by atoms with Crippen molar-refractivity contribution < 1.29 is 7.80 Å². The van der Waals surface area contributed by atoms with Gasteiger partial charge in [-0.2, -0.15) is 0 Å². The summed E-state index contributed by atoms with van der Waals surface area (Å²) in [4.78, 5) is 2.31. The van der Waals surface area contributed by atoms with Crippen molar-refractivity contribution in [3.05, 3.63) is 0 Å². The maximum Gasteiger partial charge on any atom is 0.109 e. The third kappa shape index (κ3) is 1.76. The SMILES string of the molecule is COC1CCN(C)C1(C)COI. The van der Waals surface area contributed by atoms with Crippen LogP contribution >= 0.6 is 23.0 Å². The molecule has 0 bridgehead atoms. The molecule has 0 spiro atoms. The van der Waals surface area contributed by atoms with Crippen molar-refractivity contribution in [2.24, 2.45) is 0 Å². The van der Waals surface area contributed by atoms with E-state index in [-0.39, 0.29) is 5.54 Å². The zero-order chi connectivity index (χ0) is 9.19. The molecule has 0 aromatic heterocycles. The first-order valence-corrected chi connectivity index (χ1v) is 5.01. The molecule has 0 radical (unpaired) electrons. The van der Waals surface area contributed by atoms with Gasteiger partial charge in [-0.1, -0.05) is 0 Å². The van der Waals surface area contributed by atoms with Gasteiger partial charge < -0.3 is 7.80 Å². The van der Waals surface area contributed by atoms with Gasteiger partial charge in [-0.05, 0) is 20.4 Å². The van der Waals surface area contributed by atoms with Gasteiger partial charge in [0.15, 0.2) is 0 Å². The maximum atomic E-state index is 5.42. The Morgan fingerprint density at radius 2 is 2.33 bits per heavy atom. The van der Waals surface area contributed by atoms with Crippen LogP contribution in [0.1, 0.15) is 13.3 Å². The summed E-state index contributed by atoms with van der Waals surface area (Å²) in [5.74, 6) is 0. The molecule has 72 valence electrons. The van der Waals surface area contributed by atoms with Crippen molar-refractivity contribution in [3.8, 4) is 0 Å². The summed E-state index contributed by atoms with van der Waals surface area (Å²) in [6.45, 7) is 4.00. The van der Waals surface area contributed by atoms with E-state index in [1.807, 2.05) is 23.0 Å². The van der Waals surface area contributed by atoms with E-state index in [2.05, 4.69) is 18.9 Å². The summed E-state index contributed by atoms with van der Waals surface area (Å²) in [5.41, 5.74) is 0.0515. The maximum absolute atomic E-state index is 5.42. The highest BCUT2D eigenvalue weighted by molar-refractivity contribution is 14.1. The fourth-order valence-corrected chi connectivity index (χ4v) is 2.44. The Labute approximate surface area is 88.1 Å². The van der Waals surface area contributed by atoms with E-state index in [4.69, 9.17) is 7.80 Å².